The smallest absolute Gasteiger partial charge is 0.331 e. The minimum Gasteiger partial charge on any atom is -0.490 e. The predicted octanol–water partition coefficient (Wildman–Crippen LogP) is 2.18. The molecule has 0 radical (unpaired) electrons. The molecule has 0 spiro atoms. The van der Waals surface area contributed by atoms with Crippen molar-refractivity contribution in [3.63, 3.8) is 0 Å². The van der Waals surface area contributed by atoms with Gasteiger partial charge in [-0.3, -0.25) is 10.0 Å². The average Bonchev–Trinajstić information content (AvgIpc) is 2.64. The molecule has 0 bridgehead atoms. The highest BCUT2D eigenvalue weighted by molar-refractivity contribution is 6.37. The van der Waals surface area contributed by atoms with Gasteiger partial charge in [-0.25, -0.2) is 9.86 Å². The van der Waals surface area contributed by atoms with Crippen LogP contribution in [0.4, 0.5) is 0 Å². The fourth-order valence-corrected chi connectivity index (χ4v) is 2.01. The standard InChI is InChI=1S/C18H24N2O6/c1-12(2)9-10-26-15-7-5-14(6-8-15)11-16(18(22)25-4)20(24)17(21)13(3)19-23/h5-9,16,23-24H,10-11H2,1-4H3/b19-13+/t16-/m1/s1. The normalized spacial score (nSPS) is 12.1. The van der Waals surface area contributed by atoms with E-state index in [0.717, 1.165) is 12.7 Å². The van der Waals surface area contributed by atoms with Crippen LogP contribution in [0.5, 0.6) is 5.75 Å². The van der Waals surface area contributed by atoms with E-state index in [9.17, 15) is 14.8 Å². The Labute approximate surface area is 152 Å². The van der Waals surface area contributed by atoms with Crippen LogP contribution in [0.2, 0.25) is 0 Å². The zero-order chi connectivity index (χ0) is 19.7. The number of hydroxylamine groups is 2. The molecular weight excluding hydrogens is 340 g/mol. The van der Waals surface area contributed by atoms with Crippen molar-refractivity contribution in [2.75, 3.05) is 13.7 Å². The van der Waals surface area contributed by atoms with Crippen LogP contribution >= 0.6 is 0 Å². The van der Waals surface area contributed by atoms with Gasteiger partial charge in [-0.05, 0) is 44.5 Å². The van der Waals surface area contributed by atoms with Gasteiger partial charge in [-0.1, -0.05) is 22.9 Å². The Morgan fingerprint density at radius 1 is 1.23 bits per heavy atom. The summed E-state index contributed by atoms with van der Waals surface area (Å²) in [4.78, 5) is 23.8. The van der Waals surface area contributed by atoms with Gasteiger partial charge in [0.1, 0.15) is 18.1 Å². The summed E-state index contributed by atoms with van der Waals surface area (Å²) in [5.41, 5.74) is 1.47. The number of nitrogens with zero attached hydrogens (tertiary/aromatic N) is 2. The maximum atomic E-state index is 11.9. The highest BCUT2D eigenvalue weighted by Gasteiger charge is 2.31. The van der Waals surface area contributed by atoms with Crippen molar-refractivity contribution in [1.82, 2.24) is 5.06 Å². The molecule has 8 heteroatoms. The number of carbonyl (C=O) groups excluding carboxylic acids is 2. The molecule has 0 unspecified atom stereocenters. The molecule has 1 aromatic carbocycles. The topological polar surface area (TPSA) is 109 Å². The number of oxime groups is 1. The first kappa shape index (κ1) is 21.2. The molecule has 0 aliphatic rings. The van der Waals surface area contributed by atoms with Crippen LogP contribution in [0.15, 0.2) is 41.1 Å². The summed E-state index contributed by atoms with van der Waals surface area (Å²) in [6, 6.07) is 5.62. The second kappa shape index (κ2) is 10.2. The van der Waals surface area contributed by atoms with Crippen LogP contribution in [0.3, 0.4) is 0 Å². The molecule has 2 N–H and O–H groups in total. The lowest BCUT2D eigenvalue weighted by Crippen LogP contribution is -2.47. The fraction of sp³-hybridized carbons (Fsp3) is 0.389. The van der Waals surface area contributed by atoms with Crippen LogP contribution in [0.1, 0.15) is 26.3 Å². The molecule has 0 heterocycles. The minimum atomic E-state index is -1.28. The van der Waals surface area contributed by atoms with E-state index in [4.69, 9.17) is 9.94 Å². The van der Waals surface area contributed by atoms with Crippen LogP contribution in [0.25, 0.3) is 0 Å². The molecule has 0 aliphatic carbocycles. The van der Waals surface area contributed by atoms with Crippen LogP contribution in [-0.4, -0.2) is 52.8 Å². The number of allylic oxidation sites excluding steroid dienone is 1. The van der Waals surface area contributed by atoms with Gasteiger partial charge >= 0.3 is 5.97 Å². The number of amides is 1. The average molecular weight is 364 g/mol. The van der Waals surface area contributed by atoms with E-state index in [1.807, 2.05) is 19.9 Å². The van der Waals surface area contributed by atoms with Gasteiger partial charge in [-0.15, -0.1) is 0 Å². The number of hydrogen-bond acceptors (Lipinski definition) is 7. The van der Waals surface area contributed by atoms with Crippen molar-refractivity contribution in [3.05, 3.63) is 41.5 Å². The lowest BCUT2D eigenvalue weighted by atomic mass is 10.1. The molecule has 0 aromatic heterocycles. The predicted molar refractivity (Wildman–Crippen MR) is 94.4 cm³/mol. The van der Waals surface area contributed by atoms with Crippen molar-refractivity contribution in [1.29, 1.82) is 0 Å². The van der Waals surface area contributed by atoms with Gasteiger partial charge in [0, 0.05) is 6.42 Å². The third-order valence-electron chi connectivity index (χ3n) is 3.53. The quantitative estimate of drug-likeness (QED) is 0.183. The number of hydrogen-bond donors (Lipinski definition) is 2. The third-order valence-corrected chi connectivity index (χ3v) is 3.53. The largest absolute Gasteiger partial charge is 0.490 e. The van der Waals surface area contributed by atoms with Gasteiger partial charge < -0.3 is 14.7 Å². The van der Waals surface area contributed by atoms with Gasteiger partial charge in [0.05, 0.1) is 7.11 Å². The Morgan fingerprint density at radius 2 is 1.85 bits per heavy atom. The van der Waals surface area contributed by atoms with Crippen molar-refractivity contribution in [2.45, 2.75) is 33.2 Å². The summed E-state index contributed by atoms with van der Waals surface area (Å²) in [5, 5.41) is 21.6. The second-order valence-electron chi connectivity index (χ2n) is 5.81. The SMILES string of the molecule is COC(=O)[C@@H](Cc1ccc(OCC=C(C)C)cc1)N(O)C(=O)/C(C)=N/O. The molecule has 1 aromatic rings. The first-order valence-corrected chi connectivity index (χ1v) is 7.94. The molecule has 0 fully saturated rings. The van der Waals surface area contributed by atoms with Crippen molar-refractivity contribution >= 4 is 17.6 Å². The summed E-state index contributed by atoms with van der Waals surface area (Å²) in [5.74, 6) is -1.14. The number of ether oxygens (including phenoxy) is 2. The second-order valence-corrected chi connectivity index (χ2v) is 5.81. The Balaban J connectivity index is 2.87. The molecule has 1 amide bonds. The lowest BCUT2D eigenvalue weighted by Gasteiger charge is -2.23. The Bertz CT molecular complexity index is 677. The molecule has 1 atom stereocenters. The maximum Gasteiger partial charge on any atom is 0.331 e. The van der Waals surface area contributed by atoms with E-state index >= 15 is 0 Å². The maximum absolute atomic E-state index is 11.9. The van der Waals surface area contributed by atoms with Gasteiger partial charge in [0.25, 0.3) is 5.91 Å². The summed E-state index contributed by atoms with van der Waals surface area (Å²) in [7, 11) is 1.15. The zero-order valence-corrected chi connectivity index (χ0v) is 15.3. The number of esters is 1. The molecule has 0 saturated carbocycles. The fourth-order valence-electron chi connectivity index (χ4n) is 2.01. The van der Waals surface area contributed by atoms with E-state index in [-0.39, 0.29) is 17.2 Å². The van der Waals surface area contributed by atoms with E-state index in [1.165, 1.54) is 6.92 Å². The highest BCUT2D eigenvalue weighted by Crippen LogP contribution is 2.16. The van der Waals surface area contributed by atoms with Gasteiger partial charge in [0.15, 0.2) is 6.04 Å². The van der Waals surface area contributed by atoms with Crippen LogP contribution < -0.4 is 4.74 Å². The zero-order valence-electron chi connectivity index (χ0n) is 15.3. The Hall–Kier alpha value is -2.87. The first-order chi connectivity index (χ1) is 12.3. The number of methoxy groups -OCH3 is 1. The van der Waals surface area contributed by atoms with E-state index in [1.54, 1.807) is 24.3 Å². The van der Waals surface area contributed by atoms with E-state index in [0.29, 0.717) is 17.9 Å². The monoisotopic (exact) mass is 364 g/mol. The van der Waals surface area contributed by atoms with Gasteiger partial charge in [-0.2, -0.15) is 0 Å². The Morgan fingerprint density at radius 3 is 2.35 bits per heavy atom. The van der Waals surface area contributed by atoms with E-state index in [2.05, 4.69) is 9.89 Å². The van der Waals surface area contributed by atoms with E-state index < -0.39 is 17.9 Å². The molecule has 1 rings (SSSR count). The summed E-state index contributed by atoms with van der Waals surface area (Å²) in [6.07, 6.45) is 1.96. The number of rotatable bonds is 8. The van der Waals surface area contributed by atoms with Gasteiger partial charge in [0.2, 0.25) is 0 Å². The summed E-state index contributed by atoms with van der Waals surface area (Å²) in [6.45, 7) is 5.61. The third kappa shape index (κ3) is 6.21. The molecule has 142 valence electrons. The first-order valence-electron chi connectivity index (χ1n) is 7.94. The molecule has 26 heavy (non-hydrogen) atoms. The van der Waals surface area contributed by atoms with Crippen molar-refractivity contribution < 1.29 is 29.5 Å². The van der Waals surface area contributed by atoms with Crippen molar-refractivity contribution in [3.8, 4) is 5.75 Å². The minimum absolute atomic E-state index is 0.0157. The molecule has 0 aliphatic heterocycles. The molecule has 8 nitrogen and oxygen atoms in total. The number of benzene rings is 1. The molecule has 0 saturated heterocycles. The summed E-state index contributed by atoms with van der Waals surface area (Å²) >= 11 is 0. The number of carbonyl (C=O) groups is 2. The molecular formula is C18H24N2O6. The van der Waals surface area contributed by atoms with Crippen LogP contribution in [-0.2, 0) is 20.7 Å². The lowest BCUT2D eigenvalue weighted by molar-refractivity contribution is -0.181. The van der Waals surface area contributed by atoms with Crippen LogP contribution in [0, 0.1) is 0 Å². The van der Waals surface area contributed by atoms with Crippen molar-refractivity contribution in [2.24, 2.45) is 5.16 Å². The Kier molecular flexibility index (Phi) is 8.30. The summed E-state index contributed by atoms with van der Waals surface area (Å²) < 4.78 is 10.2. The highest BCUT2D eigenvalue weighted by atomic mass is 16.5.